The molecule has 1 aromatic carbocycles. The molecule has 2 aromatic rings. The molecule has 0 aliphatic heterocycles. The van der Waals surface area contributed by atoms with Gasteiger partial charge in [-0.05, 0) is 44.0 Å². The van der Waals surface area contributed by atoms with E-state index in [1.54, 1.807) is 12.1 Å². The Morgan fingerprint density at radius 1 is 1.24 bits per heavy atom. The molecule has 1 heterocycles. The minimum Gasteiger partial charge on any atom is -0.398 e. The Kier molecular flexibility index (Phi) is 4.65. The Morgan fingerprint density at radius 2 is 1.90 bits per heavy atom. The summed E-state index contributed by atoms with van der Waals surface area (Å²) >= 11 is 1.53. The average molecular weight is 325 g/mol. The number of anilines is 1. The molecule has 5 nitrogen and oxygen atoms in total. The number of nitrogens with one attached hydrogen (secondary N) is 1. The Balaban J connectivity index is 2.10. The van der Waals surface area contributed by atoms with Gasteiger partial charge in [-0.25, -0.2) is 18.1 Å². The number of hydrogen-bond acceptors (Lipinski definition) is 5. The van der Waals surface area contributed by atoms with Gasteiger partial charge < -0.3 is 5.73 Å². The molecule has 0 bridgehead atoms. The maximum absolute atomic E-state index is 12.3. The van der Waals surface area contributed by atoms with E-state index < -0.39 is 10.0 Å². The highest BCUT2D eigenvalue weighted by Crippen LogP contribution is 2.22. The van der Waals surface area contributed by atoms with Crippen LogP contribution in [0.5, 0.6) is 0 Å². The van der Waals surface area contributed by atoms with E-state index in [2.05, 4.69) is 9.71 Å². The number of aryl methyl sites for hydroxylation is 3. The minimum absolute atomic E-state index is 0.140. The summed E-state index contributed by atoms with van der Waals surface area (Å²) in [5.41, 5.74) is 8.94. The fourth-order valence-electron chi connectivity index (χ4n) is 1.93. The molecule has 21 heavy (non-hydrogen) atoms. The summed E-state index contributed by atoms with van der Waals surface area (Å²) in [6.45, 7) is 5.99. The van der Waals surface area contributed by atoms with E-state index in [4.69, 9.17) is 5.73 Å². The molecule has 114 valence electrons. The summed E-state index contributed by atoms with van der Waals surface area (Å²) in [5, 5.41) is 2.87. The van der Waals surface area contributed by atoms with Crippen molar-refractivity contribution in [1.29, 1.82) is 0 Å². The summed E-state index contributed by atoms with van der Waals surface area (Å²) in [4.78, 5) is 4.45. The molecular formula is C14H19N3O2S2. The fraction of sp³-hybridized carbons (Fsp3) is 0.357. The molecule has 2 rings (SSSR count). The largest absolute Gasteiger partial charge is 0.398 e. The van der Waals surface area contributed by atoms with Gasteiger partial charge in [0.1, 0.15) is 4.90 Å². The monoisotopic (exact) mass is 325 g/mol. The second-order valence-electron chi connectivity index (χ2n) is 5.00. The van der Waals surface area contributed by atoms with Crippen LogP contribution >= 0.6 is 11.3 Å². The van der Waals surface area contributed by atoms with Crippen molar-refractivity contribution in [3.8, 4) is 0 Å². The Labute approximate surface area is 129 Å². The van der Waals surface area contributed by atoms with Crippen LogP contribution in [0.3, 0.4) is 0 Å². The highest BCUT2D eigenvalue weighted by molar-refractivity contribution is 7.89. The fourth-order valence-corrected chi connectivity index (χ4v) is 3.94. The van der Waals surface area contributed by atoms with Crippen LogP contribution in [0.25, 0.3) is 0 Å². The van der Waals surface area contributed by atoms with Crippen molar-refractivity contribution in [2.24, 2.45) is 0 Å². The Bertz CT molecular complexity index is 752. The molecule has 0 fully saturated rings. The number of thiazole rings is 1. The van der Waals surface area contributed by atoms with Gasteiger partial charge in [-0.15, -0.1) is 11.3 Å². The lowest BCUT2D eigenvalue weighted by Crippen LogP contribution is -2.27. The van der Waals surface area contributed by atoms with Gasteiger partial charge in [0.25, 0.3) is 0 Å². The van der Waals surface area contributed by atoms with Gasteiger partial charge >= 0.3 is 0 Å². The van der Waals surface area contributed by atoms with Crippen LogP contribution in [0.15, 0.2) is 22.4 Å². The zero-order valence-electron chi connectivity index (χ0n) is 12.3. The second-order valence-corrected chi connectivity index (χ2v) is 7.68. The summed E-state index contributed by atoms with van der Waals surface area (Å²) < 4.78 is 27.2. The van der Waals surface area contributed by atoms with Crippen molar-refractivity contribution in [1.82, 2.24) is 9.71 Å². The van der Waals surface area contributed by atoms with Crippen LogP contribution in [-0.2, 0) is 16.4 Å². The summed E-state index contributed by atoms with van der Waals surface area (Å²) in [5.74, 6) is 0. The molecule has 0 saturated heterocycles. The average Bonchev–Trinajstić information content (AvgIpc) is 2.79. The van der Waals surface area contributed by atoms with Crippen LogP contribution in [-0.4, -0.2) is 19.9 Å². The predicted octanol–water partition coefficient (Wildman–Crippen LogP) is 2.17. The molecule has 1 aromatic heterocycles. The Morgan fingerprint density at radius 3 is 2.52 bits per heavy atom. The van der Waals surface area contributed by atoms with E-state index in [1.807, 2.05) is 26.2 Å². The van der Waals surface area contributed by atoms with Crippen LogP contribution in [0.1, 0.15) is 21.8 Å². The zero-order valence-corrected chi connectivity index (χ0v) is 13.9. The summed E-state index contributed by atoms with van der Waals surface area (Å²) in [6, 6.07) is 3.30. The first-order valence-electron chi connectivity index (χ1n) is 6.57. The quantitative estimate of drug-likeness (QED) is 0.825. The van der Waals surface area contributed by atoms with Gasteiger partial charge in [0.2, 0.25) is 10.0 Å². The van der Waals surface area contributed by atoms with Crippen molar-refractivity contribution in [3.05, 3.63) is 39.3 Å². The number of benzene rings is 1. The van der Waals surface area contributed by atoms with Crippen LogP contribution in [0.2, 0.25) is 0 Å². The first kappa shape index (κ1) is 15.9. The summed E-state index contributed by atoms with van der Waals surface area (Å²) in [7, 11) is -3.59. The molecule has 7 heteroatoms. The van der Waals surface area contributed by atoms with Gasteiger partial charge in [0.15, 0.2) is 0 Å². The van der Waals surface area contributed by atoms with E-state index in [1.165, 1.54) is 11.3 Å². The number of aromatic nitrogens is 1. The third-order valence-corrected chi connectivity index (χ3v) is 5.76. The van der Waals surface area contributed by atoms with E-state index in [0.717, 1.165) is 21.8 Å². The third kappa shape index (κ3) is 3.81. The second kappa shape index (κ2) is 6.13. The van der Waals surface area contributed by atoms with E-state index in [-0.39, 0.29) is 10.6 Å². The number of hydrogen-bond donors (Lipinski definition) is 2. The lowest BCUT2D eigenvalue weighted by Gasteiger charge is -2.11. The highest BCUT2D eigenvalue weighted by Gasteiger charge is 2.18. The molecule has 0 aliphatic rings. The molecule has 0 unspecified atom stereocenters. The standard InChI is InChI=1S/C14H19N3O2S2/c1-9-6-12(15)13(7-10(9)2)21(18,19)16-5-4-14-17-11(3)8-20-14/h6-8,16H,4-5,15H2,1-3H3. The SMILES string of the molecule is Cc1csc(CCNS(=O)(=O)c2cc(C)c(C)cc2N)n1. The number of nitrogen functional groups attached to an aromatic ring is 1. The number of nitrogens with two attached hydrogens (primary N) is 1. The van der Waals surface area contributed by atoms with Gasteiger partial charge in [-0.1, -0.05) is 0 Å². The Hall–Kier alpha value is -1.44. The van der Waals surface area contributed by atoms with Crippen molar-refractivity contribution in [2.75, 3.05) is 12.3 Å². The molecule has 0 atom stereocenters. The smallest absolute Gasteiger partial charge is 0.242 e. The zero-order chi connectivity index (χ0) is 15.6. The van der Waals surface area contributed by atoms with Crippen molar-refractivity contribution >= 4 is 27.0 Å². The molecule has 0 spiro atoms. The van der Waals surface area contributed by atoms with Crippen molar-refractivity contribution < 1.29 is 8.42 Å². The molecule has 3 N–H and O–H groups in total. The van der Waals surface area contributed by atoms with E-state index in [9.17, 15) is 8.42 Å². The van der Waals surface area contributed by atoms with E-state index in [0.29, 0.717) is 13.0 Å². The lowest BCUT2D eigenvalue weighted by molar-refractivity contribution is 0.582. The van der Waals surface area contributed by atoms with Gasteiger partial charge in [0.05, 0.1) is 10.7 Å². The first-order chi connectivity index (χ1) is 9.79. The van der Waals surface area contributed by atoms with Gasteiger partial charge in [-0.2, -0.15) is 0 Å². The maximum Gasteiger partial charge on any atom is 0.242 e. The summed E-state index contributed by atoms with van der Waals surface area (Å²) in [6.07, 6.45) is 0.572. The van der Waals surface area contributed by atoms with Crippen LogP contribution in [0, 0.1) is 20.8 Å². The minimum atomic E-state index is -3.59. The van der Waals surface area contributed by atoms with Crippen molar-refractivity contribution in [2.45, 2.75) is 32.1 Å². The highest BCUT2D eigenvalue weighted by atomic mass is 32.2. The molecular weight excluding hydrogens is 306 g/mol. The van der Waals surface area contributed by atoms with Crippen molar-refractivity contribution in [3.63, 3.8) is 0 Å². The molecule has 0 amide bonds. The first-order valence-corrected chi connectivity index (χ1v) is 8.93. The van der Waals surface area contributed by atoms with Gasteiger partial charge in [0, 0.05) is 24.0 Å². The predicted molar refractivity (Wildman–Crippen MR) is 86.1 cm³/mol. The molecule has 0 radical (unpaired) electrons. The molecule has 0 saturated carbocycles. The number of nitrogens with zero attached hydrogens (tertiary/aromatic N) is 1. The number of sulfonamides is 1. The third-order valence-electron chi connectivity index (χ3n) is 3.21. The van der Waals surface area contributed by atoms with Gasteiger partial charge in [-0.3, -0.25) is 0 Å². The maximum atomic E-state index is 12.3. The normalized spacial score (nSPS) is 11.8. The van der Waals surface area contributed by atoms with Crippen LogP contribution in [0.4, 0.5) is 5.69 Å². The lowest BCUT2D eigenvalue weighted by atomic mass is 10.1. The topological polar surface area (TPSA) is 85.1 Å². The molecule has 0 aliphatic carbocycles. The van der Waals surface area contributed by atoms with Crippen LogP contribution < -0.4 is 10.5 Å². The number of rotatable bonds is 5. The van der Waals surface area contributed by atoms with E-state index >= 15 is 0 Å².